The largest absolute Gasteiger partial charge is 0.467 e. The monoisotopic (exact) mass is 453 g/mol. The molecular formula is C22H19N3O6S. The number of ether oxygens (including phenoxy) is 1. The van der Waals surface area contributed by atoms with E-state index < -0.39 is 23.8 Å². The summed E-state index contributed by atoms with van der Waals surface area (Å²) in [4.78, 5) is 63.7. The van der Waals surface area contributed by atoms with E-state index in [-0.39, 0.29) is 35.1 Å². The van der Waals surface area contributed by atoms with Crippen molar-refractivity contribution in [3.8, 4) is 5.69 Å². The molecule has 32 heavy (non-hydrogen) atoms. The minimum Gasteiger partial charge on any atom is -0.467 e. The van der Waals surface area contributed by atoms with Crippen LogP contribution in [0.15, 0.2) is 52.1 Å². The van der Waals surface area contributed by atoms with Crippen molar-refractivity contribution in [1.29, 1.82) is 0 Å². The first-order valence-corrected chi connectivity index (χ1v) is 10.6. The average molecular weight is 453 g/mol. The van der Waals surface area contributed by atoms with Gasteiger partial charge in [-0.05, 0) is 42.2 Å². The number of hydrogen-bond donors (Lipinski definition) is 1. The van der Waals surface area contributed by atoms with E-state index in [4.69, 9.17) is 10.5 Å². The molecule has 0 saturated heterocycles. The molecule has 0 radical (unpaired) electrons. The zero-order valence-corrected chi connectivity index (χ0v) is 17.9. The second-order valence-electron chi connectivity index (χ2n) is 7.30. The van der Waals surface area contributed by atoms with Gasteiger partial charge in [0.05, 0.1) is 18.2 Å². The van der Waals surface area contributed by atoms with Crippen molar-refractivity contribution >= 4 is 40.1 Å². The van der Waals surface area contributed by atoms with Crippen molar-refractivity contribution in [2.75, 3.05) is 7.11 Å². The molecule has 2 aromatic carbocycles. The van der Waals surface area contributed by atoms with Crippen molar-refractivity contribution in [2.45, 2.75) is 25.4 Å². The number of nitrogens with zero attached hydrogens (tertiary/aromatic N) is 2. The van der Waals surface area contributed by atoms with Gasteiger partial charge in [0, 0.05) is 29.5 Å². The van der Waals surface area contributed by atoms with Gasteiger partial charge in [-0.3, -0.25) is 19.2 Å². The maximum absolute atomic E-state index is 13.1. The molecule has 2 heterocycles. The van der Waals surface area contributed by atoms with E-state index in [0.717, 1.165) is 11.5 Å². The van der Waals surface area contributed by atoms with E-state index in [0.29, 0.717) is 22.2 Å². The van der Waals surface area contributed by atoms with Crippen molar-refractivity contribution in [3.05, 3.63) is 73.5 Å². The van der Waals surface area contributed by atoms with Gasteiger partial charge >= 0.3 is 5.97 Å². The topological polar surface area (TPSA) is 129 Å². The van der Waals surface area contributed by atoms with Gasteiger partial charge in [0.15, 0.2) is 0 Å². The molecule has 0 saturated carbocycles. The lowest BCUT2D eigenvalue weighted by Gasteiger charge is -2.25. The maximum Gasteiger partial charge on any atom is 0.328 e. The van der Waals surface area contributed by atoms with Crippen LogP contribution in [0.2, 0.25) is 0 Å². The second-order valence-corrected chi connectivity index (χ2v) is 8.22. The third-order valence-electron chi connectivity index (χ3n) is 5.44. The lowest BCUT2D eigenvalue weighted by molar-refractivity contribution is -0.146. The van der Waals surface area contributed by atoms with E-state index in [2.05, 4.69) is 0 Å². The number of esters is 1. The third kappa shape index (κ3) is 3.58. The summed E-state index contributed by atoms with van der Waals surface area (Å²) in [7, 11) is 1.20. The molecule has 1 aliphatic rings. The van der Waals surface area contributed by atoms with Crippen LogP contribution in [0.25, 0.3) is 16.5 Å². The minimum atomic E-state index is -1.01. The highest BCUT2D eigenvalue weighted by atomic mass is 32.1. The molecule has 1 aliphatic heterocycles. The Morgan fingerprint density at radius 3 is 2.50 bits per heavy atom. The first-order chi connectivity index (χ1) is 15.3. The number of benzene rings is 2. The summed E-state index contributed by atoms with van der Waals surface area (Å²) < 4.78 is 5.81. The molecule has 9 nitrogen and oxygen atoms in total. The average Bonchev–Trinajstić information content (AvgIpc) is 3.12. The molecule has 0 fully saturated rings. The predicted octanol–water partition coefficient (Wildman–Crippen LogP) is 1.18. The van der Waals surface area contributed by atoms with E-state index in [1.807, 2.05) is 0 Å². The van der Waals surface area contributed by atoms with E-state index in [1.54, 1.807) is 42.5 Å². The number of nitrogens with two attached hydrogens (primary N) is 1. The van der Waals surface area contributed by atoms with Crippen molar-refractivity contribution in [2.24, 2.45) is 5.73 Å². The van der Waals surface area contributed by atoms with Crippen LogP contribution in [-0.4, -0.2) is 39.8 Å². The normalized spacial score (nSPS) is 13.8. The number of primary amides is 1. The number of rotatable bonds is 6. The van der Waals surface area contributed by atoms with Crippen LogP contribution in [0.5, 0.6) is 0 Å². The Morgan fingerprint density at radius 2 is 1.81 bits per heavy atom. The molecule has 0 aliphatic carbocycles. The molecule has 1 aromatic heterocycles. The molecule has 10 heteroatoms. The number of aromatic nitrogens is 1. The zero-order chi connectivity index (χ0) is 23.0. The Morgan fingerprint density at radius 1 is 1.09 bits per heavy atom. The summed E-state index contributed by atoms with van der Waals surface area (Å²) in [5, 5.41) is 0.616. The molecule has 0 bridgehead atoms. The molecule has 1 atom stereocenters. The summed E-state index contributed by atoms with van der Waals surface area (Å²) in [5.74, 6) is -1.69. The van der Waals surface area contributed by atoms with Crippen LogP contribution >= 0.6 is 11.5 Å². The van der Waals surface area contributed by atoms with Gasteiger partial charge in [0.1, 0.15) is 6.04 Å². The van der Waals surface area contributed by atoms with Gasteiger partial charge in [-0.1, -0.05) is 18.2 Å². The summed E-state index contributed by atoms with van der Waals surface area (Å²) in [6.07, 6.45) is -0.0845. The highest BCUT2D eigenvalue weighted by Crippen LogP contribution is 2.31. The summed E-state index contributed by atoms with van der Waals surface area (Å²) >= 11 is 0.754. The molecule has 3 aromatic rings. The van der Waals surface area contributed by atoms with Crippen LogP contribution in [0.4, 0.5) is 0 Å². The van der Waals surface area contributed by atoms with Crippen LogP contribution in [-0.2, 0) is 20.9 Å². The molecule has 1 unspecified atom stereocenters. The van der Waals surface area contributed by atoms with Crippen LogP contribution in [0, 0.1) is 0 Å². The number of methoxy groups -OCH3 is 1. The Kier molecular flexibility index (Phi) is 5.62. The Balaban J connectivity index is 1.81. The van der Waals surface area contributed by atoms with Gasteiger partial charge < -0.3 is 15.4 Å². The quantitative estimate of drug-likeness (QED) is 0.558. The van der Waals surface area contributed by atoms with Crippen LogP contribution in [0.1, 0.15) is 28.8 Å². The Labute approximate surface area is 185 Å². The first-order valence-electron chi connectivity index (χ1n) is 9.78. The third-order valence-corrected chi connectivity index (χ3v) is 6.37. The van der Waals surface area contributed by atoms with E-state index in [1.165, 1.54) is 16.0 Å². The molecule has 4 rings (SSSR count). The summed E-state index contributed by atoms with van der Waals surface area (Å²) in [6.45, 7) is 0.0169. The van der Waals surface area contributed by atoms with Gasteiger partial charge in [-0.25, -0.2) is 8.75 Å². The fraction of sp³-hybridized carbons (Fsp3) is 0.227. The van der Waals surface area contributed by atoms with E-state index in [9.17, 15) is 24.0 Å². The van der Waals surface area contributed by atoms with E-state index >= 15 is 0 Å². The highest BCUT2D eigenvalue weighted by molar-refractivity contribution is 7.04. The number of carbonyl (C=O) groups is 3. The number of carbonyl (C=O) groups excluding carboxylic acids is 3. The number of hydrogen-bond acceptors (Lipinski definition) is 7. The predicted molar refractivity (Wildman–Crippen MR) is 118 cm³/mol. The molecule has 164 valence electrons. The first kappa shape index (κ1) is 21.4. The Hall–Kier alpha value is -3.79. The van der Waals surface area contributed by atoms with Gasteiger partial charge in [0.2, 0.25) is 5.91 Å². The van der Waals surface area contributed by atoms with Crippen molar-refractivity contribution < 1.29 is 19.1 Å². The molecule has 2 amide bonds. The van der Waals surface area contributed by atoms with Gasteiger partial charge in [0.25, 0.3) is 16.2 Å². The standard InChI is InChI=1S/C22H19N3O6S/c1-31-21(29)17(9-10-18(23)26)24-11-15-13(19(24)27)7-4-8-16(15)25-20(28)12-5-2-3-6-14(12)22(30)32-25/h2-8,17H,9-11H2,1H3,(H2,23,26). The number of amides is 2. The van der Waals surface area contributed by atoms with Gasteiger partial charge in [-0.2, -0.15) is 0 Å². The summed E-state index contributed by atoms with van der Waals surface area (Å²) in [5.41, 5.74) is 6.07. The van der Waals surface area contributed by atoms with Crippen LogP contribution < -0.4 is 16.0 Å². The smallest absolute Gasteiger partial charge is 0.328 e. The van der Waals surface area contributed by atoms with Gasteiger partial charge in [-0.15, -0.1) is 0 Å². The second kappa shape index (κ2) is 8.39. The fourth-order valence-electron chi connectivity index (χ4n) is 3.89. The zero-order valence-electron chi connectivity index (χ0n) is 17.1. The Bertz CT molecular complexity index is 1380. The summed E-state index contributed by atoms with van der Waals surface area (Å²) in [6, 6.07) is 10.4. The number of fused-ring (bicyclic) bond motifs is 2. The van der Waals surface area contributed by atoms with Crippen molar-refractivity contribution in [1.82, 2.24) is 8.86 Å². The highest BCUT2D eigenvalue weighted by Gasteiger charge is 2.38. The molecular weight excluding hydrogens is 434 g/mol. The lowest BCUT2D eigenvalue weighted by atomic mass is 10.1. The van der Waals surface area contributed by atoms with Crippen molar-refractivity contribution in [3.63, 3.8) is 0 Å². The maximum atomic E-state index is 13.1. The lowest BCUT2D eigenvalue weighted by Crippen LogP contribution is -2.42. The molecule has 2 N–H and O–H groups in total. The molecule has 0 spiro atoms. The SMILES string of the molecule is COC(=O)C(CCC(N)=O)N1Cc2c(cccc2-n2sc(=O)c3ccccc3c2=O)C1=O. The fourth-order valence-corrected chi connectivity index (χ4v) is 4.78. The van der Waals surface area contributed by atoms with Crippen LogP contribution in [0.3, 0.4) is 0 Å². The minimum absolute atomic E-state index is 0.0142.